The average Bonchev–Trinajstić information content (AvgIpc) is 2.32. The van der Waals surface area contributed by atoms with E-state index >= 15 is 0 Å². The average molecular weight is 332 g/mol. The van der Waals surface area contributed by atoms with Crippen LogP contribution in [0.1, 0.15) is 24.2 Å². The van der Waals surface area contributed by atoms with E-state index in [1.807, 2.05) is 16.7 Å². The monoisotopic (exact) mass is 331 g/mol. The number of amides is 1. The fourth-order valence-corrected chi connectivity index (χ4v) is 3.66. The maximum atomic E-state index is 13.0. The van der Waals surface area contributed by atoms with Gasteiger partial charge in [0, 0.05) is 28.1 Å². The molecule has 1 aromatic carbocycles. The van der Waals surface area contributed by atoms with Crippen LogP contribution in [0.5, 0.6) is 0 Å². The quantitative estimate of drug-likeness (QED) is 0.784. The first kappa shape index (κ1) is 13.9. The van der Waals surface area contributed by atoms with Crippen molar-refractivity contribution < 1.29 is 9.18 Å². The predicted molar refractivity (Wildman–Crippen MR) is 76.5 cm³/mol. The highest BCUT2D eigenvalue weighted by Gasteiger charge is 2.30. The number of thioether (sulfide) groups is 1. The van der Waals surface area contributed by atoms with Crippen LogP contribution in [0.3, 0.4) is 0 Å². The third kappa shape index (κ3) is 2.72. The minimum atomic E-state index is -0.339. The highest BCUT2D eigenvalue weighted by Crippen LogP contribution is 2.27. The Morgan fingerprint density at radius 1 is 1.50 bits per heavy atom. The largest absolute Gasteiger partial charge is 0.334 e. The lowest BCUT2D eigenvalue weighted by Crippen LogP contribution is -2.48. The SMILES string of the molecule is CC1SCCN(C(=O)c2ccc(F)cc2Br)C1C. The van der Waals surface area contributed by atoms with Gasteiger partial charge in [0.15, 0.2) is 0 Å². The molecule has 0 saturated carbocycles. The molecule has 1 aliphatic rings. The molecule has 2 nitrogen and oxygen atoms in total. The third-order valence-electron chi connectivity index (χ3n) is 3.31. The Balaban J connectivity index is 2.25. The normalized spacial score (nSPS) is 24.1. The highest BCUT2D eigenvalue weighted by atomic mass is 79.9. The van der Waals surface area contributed by atoms with Crippen LogP contribution < -0.4 is 0 Å². The van der Waals surface area contributed by atoms with Gasteiger partial charge in [0.05, 0.1) is 5.56 Å². The van der Waals surface area contributed by atoms with Crippen molar-refractivity contribution in [2.24, 2.45) is 0 Å². The fraction of sp³-hybridized carbons (Fsp3) is 0.462. The summed E-state index contributed by atoms with van der Waals surface area (Å²) in [6.45, 7) is 4.94. The molecule has 1 aliphatic heterocycles. The lowest BCUT2D eigenvalue weighted by molar-refractivity contribution is 0.0697. The highest BCUT2D eigenvalue weighted by molar-refractivity contribution is 9.10. The Kier molecular flexibility index (Phi) is 4.33. The van der Waals surface area contributed by atoms with Crippen molar-refractivity contribution in [2.75, 3.05) is 12.3 Å². The summed E-state index contributed by atoms with van der Waals surface area (Å²) in [5, 5.41) is 0.432. The van der Waals surface area contributed by atoms with Crippen LogP contribution in [-0.2, 0) is 0 Å². The Bertz CT molecular complexity index is 468. The van der Waals surface area contributed by atoms with Crippen molar-refractivity contribution >= 4 is 33.6 Å². The molecule has 0 aliphatic carbocycles. The van der Waals surface area contributed by atoms with Gasteiger partial charge in [-0.1, -0.05) is 6.92 Å². The molecule has 0 bridgehead atoms. The number of hydrogen-bond donors (Lipinski definition) is 0. The molecule has 2 atom stereocenters. The van der Waals surface area contributed by atoms with E-state index in [9.17, 15) is 9.18 Å². The summed E-state index contributed by atoms with van der Waals surface area (Å²) in [7, 11) is 0. The van der Waals surface area contributed by atoms with E-state index in [0.717, 1.165) is 12.3 Å². The standard InChI is InChI=1S/C13H15BrFNOS/c1-8-9(2)18-6-5-16(8)13(17)11-4-3-10(15)7-12(11)14/h3-4,7-9H,5-6H2,1-2H3. The zero-order valence-corrected chi connectivity index (χ0v) is 12.7. The van der Waals surface area contributed by atoms with Crippen molar-refractivity contribution in [2.45, 2.75) is 25.1 Å². The minimum absolute atomic E-state index is 0.0264. The van der Waals surface area contributed by atoms with Gasteiger partial charge in [-0.15, -0.1) is 0 Å². The predicted octanol–water partition coefficient (Wildman–Crippen LogP) is 3.55. The van der Waals surface area contributed by atoms with Gasteiger partial charge in [-0.2, -0.15) is 11.8 Å². The summed E-state index contributed by atoms with van der Waals surface area (Å²) in [5.74, 6) is 0.589. The van der Waals surface area contributed by atoms with Crippen LogP contribution in [0.25, 0.3) is 0 Å². The lowest BCUT2D eigenvalue weighted by atomic mass is 10.1. The lowest BCUT2D eigenvalue weighted by Gasteiger charge is -2.37. The molecule has 1 fully saturated rings. The topological polar surface area (TPSA) is 20.3 Å². The summed E-state index contributed by atoms with van der Waals surface area (Å²) in [5.41, 5.74) is 0.530. The smallest absolute Gasteiger partial charge is 0.255 e. The molecule has 98 valence electrons. The summed E-state index contributed by atoms with van der Waals surface area (Å²) in [4.78, 5) is 14.3. The van der Waals surface area contributed by atoms with E-state index in [4.69, 9.17) is 0 Å². The Hall–Kier alpha value is -0.550. The molecule has 18 heavy (non-hydrogen) atoms. The van der Waals surface area contributed by atoms with Crippen molar-refractivity contribution in [3.63, 3.8) is 0 Å². The van der Waals surface area contributed by atoms with E-state index in [2.05, 4.69) is 29.8 Å². The van der Waals surface area contributed by atoms with E-state index in [-0.39, 0.29) is 17.8 Å². The van der Waals surface area contributed by atoms with Gasteiger partial charge in [0.2, 0.25) is 0 Å². The van der Waals surface area contributed by atoms with Crippen LogP contribution >= 0.6 is 27.7 Å². The number of halogens is 2. The molecule has 1 saturated heterocycles. The first-order valence-corrected chi connectivity index (χ1v) is 7.72. The van der Waals surface area contributed by atoms with Gasteiger partial charge < -0.3 is 4.90 Å². The summed E-state index contributed by atoms with van der Waals surface area (Å²) >= 11 is 5.14. The molecule has 1 heterocycles. The van der Waals surface area contributed by atoms with Crippen LogP contribution in [0.15, 0.2) is 22.7 Å². The molecule has 1 aromatic rings. The molecule has 5 heteroatoms. The van der Waals surface area contributed by atoms with Crippen molar-refractivity contribution in [3.8, 4) is 0 Å². The van der Waals surface area contributed by atoms with E-state index in [1.165, 1.54) is 12.1 Å². The van der Waals surface area contributed by atoms with Gasteiger partial charge in [0.25, 0.3) is 5.91 Å². The van der Waals surface area contributed by atoms with E-state index in [1.54, 1.807) is 6.07 Å². The molecular weight excluding hydrogens is 317 g/mol. The molecule has 2 rings (SSSR count). The Morgan fingerprint density at radius 2 is 2.22 bits per heavy atom. The number of hydrogen-bond acceptors (Lipinski definition) is 2. The van der Waals surface area contributed by atoms with Crippen molar-refractivity contribution in [3.05, 3.63) is 34.1 Å². The maximum Gasteiger partial charge on any atom is 0.255 e. The fourth-order valence-electron chi connectivity index (χ4n) is 2.04. The van der Waals surface area contributed by atoms with Gasteiger partial charge in [0.1, 0.15) is 5.82 Å². The van der Waals surface area contributed by atoms with Gasteiger partial charge in [-0.05, 0) is 41.1 Å². The van der Waals surface area contributed by atoms with E-state index in [0.29, 0.717) is 15.3 Å². The number of benzene rings is 1. The zero-order chi connectivity index (χ0) is 13.3. The summed E-state index contributed by atoms with van der Waals surface area (Å²) in [6, 6.07) is 4.40. The zero-order valence-electron chi connectivity index (χ0n) is 10.3. The second-order valence-electron chi connectivity index (χ2n) is 4.44. The molecule has 1 amide bonds. The second kappa shape index (κ2) is 5.61. The first-order chi connectivity index (χ1) is 8.50. The van der Waals surface area contributed by atoms with Crippen molar-refractivity contribution in [1.29, 1.82) is 0 Å². The first-order valence-electron chi connectivity index (χ1n) is 5.88. The Labute approximate surface area is 119 Å². The molecule has 0 radical (unpaired) electrons. The number of carbonyl (C=O) groups is 1. The molecule has 2 unspecified atom stereocenters. The van der Waals surface area contributed by atoms with Crippen molar-refractivity contribution in [1.82, 2.24) is 4.90 Å². The number of nitrogens with zero attached hydrogens (tertiary/aromatic N) is 1. The van der Waals surface area contributed by atoms with Crippen LogP contribution in [0.4, 0.5) is 4.39 Å². The minimum Gasteiger partial charge on any atom is -0.334 e. The van der Waals surface area contributed by atoms with Gasteiger partial charge >= 0.3 is 0 Å². The molecular formula is C13H15BrFNOS. The molecule has 0 N–H and O–H groups in total. The third-order valence-corrected chi connectivity index (χ3v) is 5.30. The van der Waals surface area contributed by atoms with Crippen LogP contribution in [0, 0.1) is 5.82 Å². The van der Waals surface area contributed by atoms with Crippen LogP contribution in [-0.4, -0.2) is 34.4 Å². The molecule has 0 aromatic heterocycles. The summed E-state index contributed by atoms with van der Waals surface area (Å²) < 4.78 is 13.6. The van der Waals surface area contributed by atoms with Gasteiger partial charge in [-0.25, -0.2) is 4.39 Å². The van der Waals surface area contributed by atoms with E-state index < -0.39 is 0 Å². The molecule has 0 spiro atoms. The maximum absolute atomic E-state index is 13.0. The second-order valence-corrected chi connectivity index (χ2v) is 6.78. The van der Waals surface area contributed by atoms with Gasteiger partial charge in [-0.3, -0.25) is 4.79 Å². The number of carbonyl (C=O) groups excluding carboxylic acids is 1. The Morgan fingerprint density at radius 3 is 2.89 bits per heavy atom. The van der Waals surface area contributed by atoms with Crippen LogP contribution in [0.2, 0.25) is 0 Å². The summed E-state index contributed by atoms with van der Waals surface area (Å²) in [6.07, 6.45) is 0. The number of rotatable bonds is 1.